The van der Waals surface area contributed by atoms with Gasteiger partial charge in [0.25, 0.3) is 0 Å². The molecule has 6 fully saturated rings. The molecule has 1 spiro atoms. The molecule has 31 heavy (non-hydrogen) atoms. The van der Waals surface area contributed by atoms with E-state index in [-0.39, 0.29) is 23.7 Å². The molecule has 4 saturated carbocycles. The van der Waals surface area contributed by atoms with E-state index in [1.165, 1.54) is 19.3 Å². The zero-order chi connectivity index (χ0) is 21.8. The maximum atomic E-state index is 11.8. The van der Waals surface area contributed by atoms with Crippen LogP contribution in [0.3, 0.4) is 0 Å². The van der Waals surface area contributed by atoms with Crippen LogP contribution in [0.1, 0.15) is 85.5 Å². The van der Waals surface area contributed by atoms with E-state index in [0.717, 1.165) is 45.1 Å². The molecule has 0 amide bonds. The van der Waals surface area contributed by atoms with Crippen LogP contribution in [0.25, 0.3) is 0 Å². The van der Waals surface area contributed by atoms with E-state index in [4.69, 9.17) is 9.47 Å². The van der Waals surface area contributed by atoms with Gasteiger partial charge in [-0.2, -0.15) is 0 Å². The lowest BCUT2D eigenvalue weighted by molar-refractivity contribution is -0.274. The summed E-state index contributed by atoms with van der Waals surface area (Å²) >= 11 is 0. The minimum Gasteiger partial charge on any atom is -0.393 e. The second-order valence-corrected chi connectivity index (χ2v) is 13.2. The van der Waals surface area contributed by atoms with E-state index in [2.05, 4.69) is 27.7 Å². The van der Waals surface area contributed by atoms with E-state index >= 15 is 0 Å². The summed E-state index contributed by atoms with van der Waals surface area (Å²) in [6.07, 6.45) is 9.70. The van der Waals surface area contributed by atoms with E-state index in [9.17, 15) is 10.2 Å². The molecule has 6 rings (SSSR count). The third kappa shape index (κ3) is 2.74. The molecule has 0 aromatic heterocycles. The quantitative estimate of drug-likeness (QED) is 0.579. The number of rotatable bonds is 0. The molecule has 13 atom stereocenters. The number of aliphatic hydroxyl groups is 2. The Morgan fingerprint density at radius 3 is 2.42 bits per heavy atom. The Bertz CT molecular complexity index is 716. The molecule has 4 heteroatoms. The highest BCUT2D eigenvalue weighted by atomic mass is 16.7. The third-order valence-electron chi connectivity index (χ3n) is 12.0. The zero-order valence-corrected chi connectivity index (χ0v) is 20.1. The average molecular weight is 433 g/mol. The van der Waals surface area contributed by atoms with E-state index < -0.39 is 5.79 Å². The summed E-state index contributed by atoms with van der Waals surface area (Å²) in [7, 11) is 0. The molecule has 0 aromatic rings. The standard InChI is InChI=1S/C27H44O4/c1-15-7-10-27(30-14-15)16(2)24-22(31-27)12-21-19-6-5-17-11-18(28)8-9-25(17,3)20(19)13-23(29)26(21,24)4/h15-24,28-29H,5-14H2,1-4H3/t15-,16-,17-,18-,19+,20-,21+,22-,23-,24-,25-,26+,27+/m0/s1. The van der Waals surface area contributed by atoms with Crippen LogP contribution in [0.2, 0.25) is 0 Å². The van der Waals surface area contributed by atoms with Crippen molar-refractivity contribution in [3.05, 3.63) is 0 Å². The lowest BCUT2D eigenvalue weighted by Gasteiger charge is -2.62. The molecular weight excluding hydrogens is 388 g/mol. The van der Waals surface area contributed by atoms with Gasteiger partial charge in [0.15, 0.2) is 5.79 Å². The first kappa shape index (κ1) is 21.4. The molecule has 0 unspecified atom stereocenters. The second kappa shape index (κ2) is 6.93. The molecule has 176 valence electrons. The van der Waals surface area contributed by atoms with Gasteiger partial charge < -0.3 is 19.7 Å². The number of ether oxygens (including phenoxy) is 2. The van der Waals surface area contributed by atoms with Gasteiger partial charge >= 0.3 is 0 Å². The normalized spacial score (nSPS) is 63.3. The molecular formula is C27H44O4. The molecule has 0 aromatic carbocycles. The Kier molecular flexibility index (Phi) is 4.78. The summed E-state index contributed by atoms with van der Waals surface area (Å²) in [6, 6.07) is 0. The fourth-order valence-corrected chi connectivity index (χ4v) is 10.2. The molecule has 4 nitrogen and oxygen atoms in total. The SMILES string of the molecule is C[C@H]1CC[C@@]2(OC1)O[C@H]1C[C@@H]3[C@@H]4CC[C@H]5C[C@@H](O)CC[C@]5(C)[C@H]4C[C@H](O)[C@]3(C)[C@H]1[C@@H]2C. The summed E-state index contributed by atoms with van der Waals surface area (Å²) in [6.45, 7) is 10.3. The molecule has 4 aliphatic carbocycles. The Morgan fingerprint density at radius 2 is 1.68 bits per heavy atom. The van der Waals surface area contributed by atoms with Crippen LogP contribution < -0.4 is 0 Å². The van der Waals surface area contributed by atoms with Gasteiger partial charge in [0.05, 0.1) is 24.9 Å². The predicted molar refractivity (Wildman–Crippen MR) is 119 cm³/mol. The minimum atomic E-state index is -0.407. The van der Waals surface area contributed by atoms with Crippen LogP contribution in [0.4, 0.5) is 0 Å². The average Bonchev–Trinajstić information content (AvgIpc) is 3.18. The fourth-order valence-electron chi connectivity index (χ4n) is 10.2. The lowest BCUT2D eigenvalue weighted by atomic mass is 9.43. The fraction of sp³-hybridized carbons (Fsp3) is 1.00. The number of fused-ring (bicyclic) bond motifs is 7. The molecule has 0 bridgehead atoms. The van der Waals surface area contributed by atoms with Gasteiger partial charge in [0.1, 0.15) is 0 Å². The highest BCUT2D eigenvalue weighted by Crippen LogP contribution is 2.71. The van der Waals surface area contributed by atoms with Gasteiger partial charge in [-0.25, -0.2) is 0 Å². The Morgan fingerprint density at radius 1 is 0.871 bits per heavy atom. The van der Waals surface area contributed by atoms with E-state index in [1.54, 1.807) is 0 Å². The molecule has 6 aliphatic rings. The second-order valence-electron chi connectivity index (χ2n) is 13.2. The first-order chi connectivity index (χ1) is 14.7. The summed E-state index contributed by atoms with van der Waals surface area (Å²) in [4.78, 5) is 0. The first-order valence-electron chi connectivity index (χ1n) is 13.4. The molecule has 0 radical (unpaired) electrons. The van der Waals surface area contributed by atoms with E-state index in [1.807, 2.05) is 0 Å². The van der Waals surface area contributed by atoms with Crippen LogP contribution in [0, 0.1) is 52.3 Å². The highest BCUT2D eigenvalue weighted by molar-refractivity contribution is 5.17. The Balaban J connectivity index is 1.29. The largest absolute Gasteiger partial charge is 0.393 e. The monoisotopic (exact) mass is 432 g/mol. The Labute approximate surface area is 188 Å². The zero-order valence-electron chi connectivity index (χ0n) is 20.1. The summed E-state index contributed by atoms with van der Waals surface area (Å²) in [5.74, 6) is 3.46. The van der Waals surface area contributed by atoms with Crippen LogP contribution in [-0.2, 0) is 9.47 Å². The van der Waals surface area contributed by atoms with Crippen molar-refractivity contribution < 1.29 is 19.7 Å². The number of hydrogen-bond acceptors (Lipinski definition) is 4. The molecule has 2 saturated heterocycles. The van der Waals surface area contributed by atoms with Gasteiger partial charge in [-0.1, -0.05) is 27.7 Å². The van der Waals surface area contributed by atoms with Crippen molar-refractivity contribution in [2.24, 2.45) is 52.3 Å². The van der Waals surface area contributed by atoms with Gasteiger partial charge in [-0.3, -0.25) is 0 Å². The summed E-state index contributed by atoms with van der Waals surface area (Å²) in [5.41, 5.74) is 0.233. The maximum absolute atomic E-state index is 11.8. The van der Waals surface area contributed by atoms with Crippen LogP contribution in [0.5, 0.6) is 0 Å². The molecule has 2 N–H and O–H groups in total. The van der Waals surface area contributed by atoms with Gasteiger partial charge in [0, 0.05) is 23.7 Å². The number of hydrogen-bond donors (Lipinski definition) is 2. The van der Waals surface area contributed by atoms with Crippen molar-refractivity contribution in [3.8, 4) is 0 Å². The smallest absolute Gasteiger partial charge is 0.171 e. The summed E-state index contributed by atoms with van der Waals surface area (Å²) in [5, 5.41) is 22.1. The first-order valence-corrected chi connectivity index (χ1v) is 13.4. The topological polar surface area (TPSA) is 58.9 Å². The highest BCUT2D eigenvalue weighted by Gasteiger charge is 2.71. The molecule has 2 aliphatic heterocycles. The van der Waals surface area contributed by atoms with Crippen molar-refractivity contribution in [1.82, 2.24) is 0 Å². The summed E-state index contributed by atoms with van der Waals surface area (Å²) < 4.78 is 13.3. The van der Waals surface area contributed by atoms with E-state index in [0.29, 0.717) is 46.8 Å². The van der Waals surface area contributed by atoms with Crippen molar-refractivity contribution in [1.29, 1.82) is 0 Å². The van der Waals surface area contributed by atoms with Gasteiger partial charge in [-0.15, -0.1) is 0 Å². The Hall–Kier alpha value is -0.160. The van der Waals surface area contributed by atoms with Crippen molar-refractivity contribution >= 4 is 0 Å². The minimum absolute atomic E-state index is 0.0570. The van der Waals surface area contributed by atoms with Crippen LogP contribution in [0.15, 0.2) is 0 Å². The van der Waals surface area contributed by atoms with Crippen LogP contribution >= 0.6 is 0 Å². The third-order valence-corrected chi connectivity index (χ3v) is 12.0. The lowest BCUT2D eigenvalue weighted by Crippen LogP contribution is -2.59. The molecule has 2 heterocycles. The van der Waals surface area contributed by atoms with Crippen molar-refractivity contribution in [2.75, 3.05) is 6.61 Å². The van der Waals surface area contributed by atoms with Gasteiger partial charge in [-0.05, 0) is 86.4 Å². The van der Waals surface area contributed by atoms with Crippen molar-refractivity contribution in [2.45, 2.75) is 110 Å². The van der Waals surface area contributed by atoms with Crippen LogP contribution in [-0.4, -0.2) is 40.9 Å². The maximum Gasteiger partial charge on any atom is 0.171 e. The van der Waals surface area contributed by atoms with Crippen molar-refractivity contribution in [3.63, 3.8) is 0 Å². The predicted octanol–water partition coefficient (Wildman–Crippen LogP) is 4.76. The number of aliphatic hydroxyl groups excluding tert-OH is 2. The van der Waals surface area contributed by atoms with Gasteiger partial charge in [0.2, 0.25) is 0 Å².